The number of methoxy groups -OCH3 is 1. The third-order valence-corrected chi connectivity index (χ3v) is 9.23. The van der Waals surface area contributed by atoms with Crippen LogP contribution < -0.4 is 20.7 Å². The van der Waals surface area contributed by atoms with Gasteiger partial charge in [0, 0.05) is 68.1 Å². The van der Waals surface area contributed by atoms with E-state index in [0.717, 1.165) is 0 Å². The predicted molar refractivity (Wildman–Crippen MR) is 173 cm³/mol. The van der Waals surface area contributed by atoms with Gasteiger partial charge in [-0.25, -0.2) is 4.39 Å². The minimum atomic E-state index is -0.616. The van der Waals surface area contributed by atoms with E-state index in [1.807, 2.05) is 0 Å². The third kappa shape index (κ3) is 6.15. The highest BCUT2D eigenvalue weighted by atomic mass is 35.5. The number of rotatable bonds is 8. The number of ether oxygens (including phenoxy) is 2. The van der Waals surface area contributed by atoms with Crippen LogP contribution in [0.5, 0.6) is 5.75 Å². The number of halogens is 3. The van der Waals surface area contributed by atoms with Gasteiger partial charge in [0.05, 0.1) is 22.8 Å². The van der Waals surface area contributed by atoms with Gasteiger partial charge in [-0.05, 0) is 30.2 Å². The van der Waals surface area contributed by atoms with Gasteiger partial charge in [0.1, 0.15) is 17.1 Å². The molecular formula is C33H32Cl2FN5O5. The van der Waals surface area contributed by atoms with Crippen LogP contribution in [0.2, 0.25) is 10.0 Å². The van der Waals surface area contributed by atoms with Crippen molar-refractivity contribution < 1.29 is 28.2 Å². The van der Waals surface area contributed by atoms with Crippen LogP contribution in [-0.2, 0) is 25.7 Å². The Balaban J connectivity index is 1.25. The van der Waals surface area contributed by atoms with Crippen LogP contribution in [0.25, 0.3) is 22.3 Å². The Hall–Kier alpha value is -4.16. The van der Waals surface area contributed by atoms with E-state index >= 15 is 4.39 Å². The molecule has 3 atom stereocenters. The zero-order valence-corrected chi connectivity index (χ0v) is 26.8. The number of hydrogen-bond donors (Lipinski definition) is 3. The van der Waals surface area contributed by atoms with Crippen LogP contribution in [0, 0.1) is 5.82 Å². The van der Waals surface area contributed by atoms with Gasteiger partial charge in [0.25, 0.3) is 11.8 Å². The second-order valence-electron chi connectivity index (χ2n) is 11.4. The van der Waals surface area contributed by atoms with E-state index in [2.05, 4.69) is 16.0 Å². The van der Waals surface area contributed by atoms with Crippen molar-refractivity contribution in [2.24, 2.45) is 0 Å². The first-order chi connectivity index (χ1) is 22.1. The number of epoxide rings is 1. The molecule has 0 aliphatic carbocycles. The summed E-state index contributed by atoms with van der Waals surface area (Å²) in [5, 5.41) is 9.41. The van der Waals surface area contributed by atoms with Gasteiger partial charge in [0.15, 0.2) is 12.5 Å². The molecule has 2 fully saturated rings. The summed E-state index contributed by atoms with van der Waals surface area (Å²) in [7, 11) is 4.80. The van der Waals surface area contributed by atoms with Crippen molar-refractivity contribution in [1.29, 1.82) is 0 Å². The summed E-state index contributed by atoms with van der Waals surface area (Å²) in [5.74, 6) is -1.18. The Morgan fingerprint density at radius 2 is 1.78 bits per heavy atom. The van der Waals surface area contributed by atoms with E-state index < -0.39 is 23.9 Å². The molecule has 3 amide bonds. The predicted octanol–water partition coefficient (Wildman–Crippen LogP) is 4.75. The van der Waals surface area contributed by atoms with E-state index in [-0.39, 0.29) is 41.0 Å². The van der Waals surface area contributed by atoms with Crippen molar-refractivity contribution in [1.82, 2.24) is 20.4 Å². The average molecular weight is 669 g/mol. The highest BCUT2D eigenvalue weighted by molar-refractivity contribution is 6.40. The lowest BCUT2D eigenvalue weighted by molar-refractivity contribution is -0.129. The molecule has 3 heterocycles. The van der Waals surface area contributed by atoms with Crippen LogP contribution in [-0.4, -0.2) is 73.8 Å². The fourth-order valence-corrected chi connectivity index (χ4v) is 6.35. The first-order valence-corrected chi connectivity index (χ1v) is 15.4. The maximum absolute atomic E-state index is 15.5. The molecule has 10 nitrogen and oxygen atoms in total. The molecule has 0 radical (unpaired) electrons. The summed E-state index contributed by atoms with van der Waals surface area (Å²) >= 11 is 13.8. The minimum absolute atomic E-state index is 0.0139. The smallest absolute Gasteiger partial charge is 0.262 e. The molecule has 3 aliphatic rings. The molecular weight excluding hydrogens is 636 g/mol. The van der Waals surface area contributed by atoms with Gasteiger partial charge in [0.2, 0.25) is 5.91 Å². The van der Waals surface area contributed by atoms with Gasteiger partial charge < -0.3 is 35.2 Å². The van der Waals surface area contributed by atoms with Crippen LogP contribution in [0.3, 0.4) is 0 Å². The van der Waals surface area contributed by atoms with Gasteiger partial charge >= 0.3 is 0 Å². The maximum atomic E-state index is 15.5. The summed E-state index contributed by atoms with van der Waals surface area (Å²) in [6.07, 6.45) is 1.86. The van der Waals surface area contributed by atoms with Crippen molar-refractivity contribution >= 4 is 46.6 Å². The molecule has 2 saturated heterocycles. The summed E-state index contributed by atoms with van der Waals surface area (Å²) < 4.78 is 26.6. The Morgan fingerprint density at radius 1 is 1.07 bits per heavy atom. The normalized spacial score (nSPS) is 20.8. The Labute approximate surface area is 275 Å². The lowest BCUT2D eigenvalue weighted by Crippen LogP contribution is -2.45. The number of anilines is 1. The second-order valence-corrected chi connectivity index (χ2v) is 12.1. The Morgan fingerprint density at radius 3 is 2.50 bits per heavy atom. The molecule has 3 aromatic rings. The number of nitrogens with one attached hydrogen (secondary N) is 3. The second kappa shape index (κ2) is 12.9. The summed E-state index contributed by atoms with van der Waals surface area (Å²) in [5.41, 5.74) is 2.75. The number of amides is 3. The summed E-state index contributed by atoms with van der Waals surface area (Å²) in [6.45, 7) is 0.708. The number of hydrogen-bond acceptors (Lipinski definition) is 7. The van der Waals surface area contributed by atoms with Gasteiger partial charge in [-0.2, -0.15) is 0 Å². The molecule has 0 bridgehead atoms. The fourth-order valence-electron chi connectivity index (χ4n) is 5.73. The van der Waals surface area contributed by atoms with E-state index in [0.29, 0.717) is 58.0 Å². The molecule has 3 aromatic carbocycles. The number of piperidine rings is 1. The van der Waals surface area contributed by atoms with Crippen LogP contribution >= 0.6 is 23.2 Å². The first-order valence-electron chi connectivity index (χ1n) is 14.7. The Kier molecular flexibility index (Phi) is 8.93. The molecule has 0 aromatic heterocycles. The number of nitrogens with zero attached hydrogens (tertiary/aromatic N) is 2. The van der Waals surface area contributed by atoms with Crippen molar-refractivity contribution in [2.75, 3.05) is 33.1 Å². The zero-order valence-electron chi connectivity index (χ0n) is 25.3. The summed E-state index contributed by atoms with van der Waals surface area (Å²) in [4.78, 5) is 40.8. The zero-order chi connectivity index (χ0) is 32.7. The number of fused-ring (bicyclic) bond motifs is 1. The third-order valence-electron chi connectivity index (χ3n) is 8.41. The number of carbonyl (C=O) groups is 3. The number of likely N-dealkylation sites (N-methyl/N-ethyl adjacent to an activating group) is 2. The molecule has 0 spiro atoms. The van der Waals surface area contributed by atoms with E-state index in [1.165, 1.54) is 24.3 Å². The van der Waals surface area contributed by atoms with Crippen molar-refractivity contribution in [3.05, 3.63) is 81.7 Å². The standard InChI is InChI=1S/C33H32Cl2FN5O5/c1-40-16-23(31(44)41(2)33-32(40)46-33)30(43)39-25-9-5-8-21(29(25)35)20-7-4-6-19(28(20)34)17-12-24(36)22(26(13-17)45-3)15-37-18-10-11-27(42)38-14-18/h4-9,12-13,16,18,32-33,37H,10-11,14-15H2,1-3H3,(H,38,42)(H,39,43)/t18-,32?,33?/m1/s1. The van der Waals surface area contributed by atoms with Crippen molar-refractivity contribution in [3.63, 3.8) is 0 Å². The van der Waals surface area contributed by atoms with Crippen LogP contribution in [0.1, 0.15) is 18.4 Å². The molecule has 2 unspecified atom stereocenters. The highest BCUT2D eigenvalue weighted by Gasteiger charge is 2.50. The lowest BCUT2D eigenvalue weighted by Gasteiger charge is -2.24. The molecule has 46 heavy (non-hydrogen) atoms. The van der Waals surface area contributed by atoms with E-state index in [1.54, 1.807) is 61.5 Å². The van der Waals surface area contributed by atoms with Gasteiger partial charge in [-0.3, -0.25) is 14.4 Å². The number of carbonyl (C=O) groups excluding carboxylic acids is 3. The molecule has 6 rings (SSSR count). The van der Waals surface area contributed by atoms with Gasteiger partial charge in [-0.1, -0.05) is 53.5 Å². The van der Waals surface area contributed by atoms with Crippen LogP contribution in [0.4, 0.5) is 10.1 Å². The topological polar surface area (TPSA) is 116 Å². The average Bonchev–Trinajstić information content (AvgIpc) is 3.86. The molecule has 0 saturated carbocycles. The largest absolute Gasteiger partial charge is 0.496 e. The fraction of sp³-hybridized carbons (Fsp3) is 0.303. The monoisotopic (exact) mass is 667 g/mol. The quantitative estimate of drug-likeness (QED) is 0.235. The molecule has 13 heteroatoms. The van der Waals surface area contributed by atoms with E-state index in [4.69, 9.17) is 32.7 Å². The van der Waals surface area contributed by atoms with Crippen LogP contribution in [0.15, 0.2) is 60.3 Å². The Bertz CT molecular complexity index is 1760. The lowest BCUT2D eigenvalue weighted by atomic mass is 9.97. The number of benzene rings is 3. The first kappa shape index (κ1) is 31.8. The SMILES string of the molecule is COc1cc(-c2cccc(-c3cccc(NC(=O)C4=CN(C)C5OC5N(C)C4=O)c3Cl)c2Cl)cc(F)c1CN[C@@H]1CCC(=O)NC1. The van der Waals surface area contributed by atoms with Crippen molar-refractivity contribution in [2.45, 2.75) is 37.9 Å². The van der Waals surface area contributed by atoms with Gasteiger partial charge in [-0.15, -0.1) is 0 Å². The molecule has 3 N–H and O–H groups in total. The highest BCUT2D eigenvalue weighted by Crippen LogP contribution is 2.43. The molecule has 240 valence electrons. The summed E-state index contributed by atoms with van der Waals surface area (Å²) in [6, 6.07) is 13.6. The minimum Gasteiger partial charge on any atom is -0.496 e. The maximum Gasteiger partial charge on any atom is 0.262 e. The molecule has 3 aliphatic heterocycles. The van der Waals surface area contributed by atoms with Crippen molar-refractivity contribution in [3.8, 4) is 28.0 Å². The van der Waals surface area contributed by atoms with E-state index in [9.17, 15) is 14.4 Å².